The van der Waals surface area contributed by atoms with Crippen LogP contribution >= 0.6 is 11.6 Å². The second-order valence-corrected chi connectivity index (χ2v) is 5.50. The summed E-state index contributed by atoms with van der Waals surface area (Å²) in [5.41, 5.74) is 1.11. The van der Waals surface area contributed by atoms with Gasteiger partial charge in [-0.2, -0.15) is 0 Å². The lowest BCUT2D eigenvalue weighted by atomic mass is 10.1. The number of rotatable bonds is 4. The zero-order valence-electron chi connectivity index (χ0n) is 11.1. The lowest BCUT2D eigenvalue weighted by molar-refractivity contribution is -0.146. The van der Waals surface area contributed by atoms with Crippen molar-refractivity contribution in [3.63, 3.8) is 0 Å². The molecular formula is C15H15ClN2O2. The highest BCUT2D eigenvalue weighted by atomic mass is 35.5. The number of benzene rings is 1. The molecule has 1 fully saturated rings. The average molecular weight is 291 g/mol. The molecule has 0 spiro atoms. The van der Waals surface area contributed by atoms with Crippen molar-refractivity contribution in [1.82, 2.24) is 9.55 Å². The number of hydrogen-bond donors (Lipinski definition) is 0. The second kappa shape index (κ2) is 5.29. The lowest BCUT2D eigenvalue weighted by Crippen LogP contribution is -2.10. The number of ether oxygens (including phenoxy) is 1. The van der Waals surface area contributed by atoms with Gasteiger partial charge < -0.3 is 9.30 Å². The Balaban J connectivity index is 1.56. The van der Waals surface area contributed by atoms with Gasteiger partial charge in [0, 0.05) is 24.5 Å². The van der Waals surface area contributed by atoms with Gasteiger partial charge in [-0.3, -0.25) is 4.79 Å². The van der Waals surface area contributed by atoms with Gasteiger partial charge in [-0.25, -0.2) is 4.98 Å². The molecule has 1 aliphatic carbocycles. The largest absolute Gasteiger partial charge is 0.457 e. The topological polar surface area (TPSA) is 44.1 Å². The molecule has 1 aromatic carbocycles. The van der Waals surface area contributed by atoms with E-state index in [-0.39, 0.29) is 24.4 Å². The van der Waals surface area contributed by atoms with E-state index >= 15 is 0 Å². The van der Waals surface area contributed by atoms with Crippen LogP contribution in [0.2, 0.25) is 5.02 Å². The SMILES string of the molecule is Cn1ccnc1COC(=O)[C@@H]1C[C@@H]1c1cccc(Cl)c1. The standard InChI is InChI=1S/C15H15ClN2O2/c1-18-6-5-17-14(18)9-20-15(19)13-8-12(13)10-3-2-4-11(16)7-10/h2-7,12-13H,8-9H2,1H3/t12-,13-/m1/s1. The Morgan fingerprint density at radius 1 is 1.55 bits per heavy atom. The van der Waals surface area contributed by atoms with Crippen LogP contribution in [-0.2, 0) is 23.2 Å². The summed E-state index contributed by atoms with van der Waals surface area (Å²) in [6, 6.07) is 7.66. The van der Waals surface area contributed by atoms with E-state index in [1.807, 2.05) is 42.1 Å². The molecule has 0 N–H and O–H groups in total. The van der Waals surface area contributed by atoms with E-state index in [4.69, 9.17) is 16.3 Å². The normalized spacial score (nSPS) is 20.7. The third kappa shape index (κ3) is 2.70. The minimum Gasteiger partial charge on any atom is -0.457 e. The third-order valence-corrected chi connectivity index (χ3v) is 3.87. The van der Waals surface area contributed by atoms with E-state index in [1.54, 1.807) is 6.20 Å². The van der Waals surface area contributed by atoms with E-state index in [0.717, 1.165) is 17.8 Å². The maximum absolute atomic E-state index is 12.0. The number of aryl methyl sites for hydroxylation is 1. The van der Waals surface area contributed by atoms with Crippen molar-refractivity contribution in [2.75, 3.05) is 0 Å². The average Bonchev–Trinajstić information content (AvgIpc) is 3.13. The molecule has 0 radical (unpaired) electrons. The van der Waals surface area contributed by atoms with E-state index in [2.05, 4.69) is 4.98 Å². The number of aromatic nitrogens is 2. The fourth-order valence-electron chi connectivity index (χ4n) is 2.34. The summed E-state index contributed by atoms with van der Waals surface area (Å²) in [5.74, 6) is 0.785. The minimum atomic E-state index is -0.155. The predicted octanol–water partition coefficient (Wildman–Crippen LogP) is 2.92. The van der Waals surface area contributed by atoms with E-state index in [9.17, 15) is 4.79 Å². The van der Waals surface area contributed by atoms with Crippen LogP contribution in [0.3, 0.4) is 0 Å². The molecule has 20 heavy (non-hydrogen) atoms. The van der Waals surface area contributed by atoms with Gasteiger partial charge in [0.25, 0.3) is 0 Å². The minimum absolute atomic E-state index is 0.0475. The number of halogens is 1. The van der Waals surface area contributed by atoms with Crippen molar-refractivity contribution >= 4 is 17.6 Å². The van der Waals surface area contributed by atoms with Crippen LogP contribution in [0.25, 0.3) is 0 Å². The monoisotopic (exact) mass is 290 g/mol. The molecule has 0 saturated heterocycles. The molecule has 1 aliphatic rings. The molecular weight excluding hydrogens is 276 g/mol. The number of hydrogen-bond acceptors (Lipinski definition) is 3. The van der Waals surface area contributed by atoms with Crippen LogP contribution in [0.15, 0.2) is 36.7 Å². The summed E-state index contributed by atoms with van der Waals surface area (Å²) < 4.78 is 7.16. The maximum atomic E-state index is 12.0. The second-order valence-electron chi connectivity index (χ2n) is 5.07. The predicted molar refractivity (Wildman–Crippen MR) is 75.3 cm³/mol. The molecule has 0 amide bonds. The highest BCUT2D eigenvalue weighted by molar-refractivity contribution is 6.30. The van der Waals surface area contributed by atoms with Crippen LogP contribution in [0.5, 0.6) is 0 Å². The first-order valence-electron chi connectivity index (χ1n) is 6.53. The highest BCUT2D eigenvalue weighted by Crippen LogP contribution is 2.48. The summed E-state index contributed by atoms with van der Waals surface area (Å²) in [6.07, 6.45) is 4.35. The quantitative estimate of drug-likeness (QED) is 0.813. The number of nitrogens with zero attached hydrogens (tertiary/aromatic N) is 2. The summed E-state index contributed by atoms with van der Waals surface area (Å²) in [6.45, 7) is 0.223. The summed E-state index contributed by atoms with van der Waals surface area (Å²) in [5, 5.41) is 0.703. The molecule has 1 heterocycles. The van der Waals surface area contributed by atoms with Crippen molar-refractivity contribution in [3.8, 4) is 0 Å². The highest BCUT2D eigenvalue weighted by Gasteiger charge is 2.45. The fourth-order valence-corrected chi connectivity index (χ4v) is 2.54. The number of imidazole rings is 1. The van der Waals surface area contributed by atoms with Gasteiger partial charge in [0.15, 0.2) is 0 Å². The van der Waals surface area contributed by atoms with Crippen LogP contribution in [0.4, 0.5) is 0 Å². The van der Waals surface area contributed by atoms with Crippen molar-refractivity contribution < 1.29 is 9.53 Å². The van der Waals surface area contributed by atoms with E-state index in [1.165, 1.54) is 0 Å². The van der Waals surface area contributed by atoms with Crippen molar-refractivity contribution in [2.45, 2.75) is 18.9 Å². The van der Waals surface area contributed by atoms with Gasteiger partial charge in [-0.1, -0.05) is 23.7 Å². The fraction of sp³-hybridized carbons (Fsp3) is 0.333. The molecule has 3 rings (SSSR count). The molecule has 2 atom stereocenters. The van der Waals surface area contributed by atoms with Crippen LogP contribution in [0.1, 0.15) is 23.7 Å². The summed E-state index contributed by atoms with van der Waals surface area (Å²) in [4.78, 5) is 16.1. The Morgan fingerprint density at radius 3 is 3.10 bits per heavy atom. The molecule has 2 aromatic rings. The van der Waals surface area contributed by atoms with Crippen LogP contribution in [0, 0.1) is 5.92 Å². The Bertz CT molecular complexity index is 638. The Kier molecular flexibility index (Phi) is 3.49. The van der Waals surface area contributed by atoms with Gasteiger partial charge in [0.2, 0.25) is 0 Å². The molecule has 0 aliphatic heterocycles. The number of esters is 1. The molecule has 1 saturated carbocycles. The zero-order chi connectivity index (χ0) is 14.1. The molecule has 5 heteroatoms. The molecule has 0 bridgehead atoms. The molecule has 4 nitrogen and oxygen atoms in total. The summed E-state index contributed by atoms with van der Waals surface area (Å²) >= 11 is 5.96. The van der Waals surface area contributed by atoms with Gasteiger partial charge in [0.05, 0.1) is 5.92 Å². The third-order valence-electron chi connectivity index (χ3n) is 3.63. The summed E-state index contributed by atoms with van der Waals surface area (Å²) in [7, 11) is 1.88. The first-order chi connectivity index (χ1) is 9.65. The lowest BCUT2D eigenvalue weighted by Gasteiger charge is -2.05. The Morgan fingerprint density at radius 2 is 2.40 bits per heavy atom. The van der Waals surface area contributed by atoms with Crippen molar-refractivity contribution in [1.29, 1.82) is 0 Å². The van der Waals surface area contributed by atoms with Crippen molar-refractivity contribution in [3.05, 3.63) is 53.1 Å². The van der Waals surface area contributed by atoms with Crippen molar-refractivity contribution in [2.24, 2.45) is 13.0 Å². The first kappa shape index (κ1) is 13.2. The smallest absolute Gasteiger partial charge is 0.310 e. The van der Waals surface area contributed by atoms with Crippen LogP contribution < -0.4 is 0 Å². The first-order valence-corrected chi connectivity index (χ1v) is 6.91. The van der Waals surface area contributed by atoms with Gasteiger partial charge in [-0.05, 0) is 30.0 Å². The van der Waals surface area contributed by atoms with Crippen LogP contribution in [-0.4, -0.2) is 15.5 Å². The molecule has 1 aromatic heterocycles. The Labute approximate surface area is 122 Å². The zero-order valence-corrected chi connectivity index (χ0v) is 11.9. The van der Waals surface area contributed by atoms with Gasteiger partial charge in [0.1, 0.15) is 12.4 Å². The number of carbonyl (C=O) groups is 1. The van der Waals surface area contributed by atoms with E-state index in [0.29, 0.717) is 5.02 Å². The molecule has 0 unspecified atom stereocenters. The van der Waals surface area contributed by atoms with Gasteiger partial charge in [-0.15, -0.1) is 0 Å². The Hall–Kier alpha value is -1.81. The molecule has 104 valence electrons. The van der Waals surface area contributed by atoms with E-state index < -0.39 is 0 Å². The maximum Gasteiger partial charge on any atom is 0.310 e. The van der Waals surface area contributed by atoms with Gasteiger partial charge >= 0.3 is 5.97 Å². The number of carbonyl (C=O) groups excluding carboxylic acids is 1.